The number of anilines is 2. The van der Waals surface area contributed by atoms with E-state index in [1.165, 1.54) is 11.3 Å². The lowest BCUT2D eigenvalue weighted by molar-refractivity contribution is 0.233. The highest BCUT2D eigenvalue weighted by Crippen LogP contribution is 2.38. The molecule has 7 nitrogen and oxygen atoms in total. The van der Waals surface area contributed by atoms with Gasteiger partial charge in [-0.2, -0.15) is 0 Å². The molecular formula is C17H21N5O2S. The number of hydrogen-bond donors (Lipinski definition) is 3. The van der Waals surface area contributed by atoms with Crippen molar-refractivity contribution in [2.75, 3.05) is 24.8 Å². The number of hydrogen-bond acceptors (Lipinski definition) is 8. The predicted molar refractivity (Wildman–Crippen MR) is 101 cm³/mol. The van der Waals surface area contributed by atoms with E-state index < -0.39 is 5.54 Å². The first-order valence-corrected chi connectivity index (χ1v) is 8.62. The highest BCUT2D eigenvalue weighted by molar-refractivity contribution is 7.19. The molecule has 0 amide bonds. The zero-order valence-electron chi connectivity index (χ0n) is 14.6. The minimum atomic E-state index is -0.551. The Morgan fingerprint density at radius 2 is 2.12 bits per heavy atom. The number of aryl methyl sites for hydroxylation is 1. The Morgan fingerprint density at radius 1 is 1.36 bits per heavy atom. The standard InChI is InChI=1S/C17H21N5O2S/c1-9-13(18)12-14(11-7-10(24-4)5-6-19-11)20-16(21-15(12)25-9)22-17(2,3)8-23/h5-7,23H,8,18H2,1-4H3,(H,20,21,22). The maximum absolute atomic E-state index is 9.51. The summed E-state index contributed by atoms with van der Waals surface area (Å²) >= 11 is 1.51. The molecule has 4 N–H and O–H groups in total. The number of rotatable bonds is 5. The van der Waals surface area contributed by atoms with Crippen LogP contribution in [0.5, 0.6) is 5.75 Å². The van der Waals surface area contributed by atoms with E-state index in [2.05, 4.69) is 20.3 Å². The van der Waals surface area contributed by atoms with Gasteiger partial charge in [0.05, 0.1) is 36.0 Å². The Morgan fingerprint density at radius 3 is 2.80 bits per heavy atom. The van der Waals surface area contributed by atoms with Crippen molar-refractivity contribution < 1.29 is 9.84 Å². The molecule has 0 saturated heterocycles. The minimum Gasteiger partial charge on any atom is -0.497 e. The number of methoxy groups -OCH3 is 1. The number of aliphatic hydroxyl groups excluding tert-OH is 1. The average molecular weight is 359 g/mol. The van der Waals surface area contributed by atoms with Gasteiger partial charge in [-0.3, -0.25) is 4.98 Å². The number of nitrogens with one attached hydrogen (secondary N) is 1. The predicted octanol–water partition coefficient (Wildman–Crippen LogP) is 2.84. The number of fused-ring (bicyclic) bond motifs is 1. The molecule has 3 aromatic rings. The molecule has 132 valence electrons. The average Bonchev–Trinajstić information content (AvgIpc) is 2.88. The second-order valence-electron chi connectivity index (χ2n) is 6.40. The number of ether oxygens (including phenoxy) is 1. The smallest absolute Gasteiger partial charge is 0.225 e. The van der Waals surface area contributed by atoms with Crippen LogP contribution >= 0.6 is 11.3 Å². The molecule has 0 aliphatic carbocycles. The molecule has 3 heterocycles. The van der Waals surface area contributed by atoms with Crippen molar-refractivity contribution in [2.45, 2.75) is 26.3 Å². The molecular weight excluding hydrogens is 338 g/mol. The summed E-state index contributed by atoms with van der Waals surface area (Å²) in [5.41, 5.74) is 7.66. The van der Waals surface area contributed by atoms with E-state index in [0.717, 1.165) is 15.1 Å². The Labute approximate surface area is 149 Å². The van der Waals surface area contributed by atoms with Crippen LogP contribution in [0.15, 0.2) is 18.3 Å². The summed E-state index contributed by atoms with van der Waals surface area (Å²) in [6.45, 7) is 5.65. The van der Waals surface area contributed by atoms with E-state index in [1.54, 1.807) is 19.4 Å². The molecule has 0 fully saturated rings. The highest BCUT2D eigenvalue weighted by atomic mass is 32.1. The molecule has 0 aliphatic heterocycles. The van der Waals surface area contributed by atoms with E-state index in [-0.39, 0.29) is 6.61 Å². The van der Waals surface area contributed by atoms with Gasteiger partial charge in [-0.15, -0.1) is 11.3 Å². The largest absolute Gasteiger partial charge is 0.497 e. The summed E-state index contributed by atoms with van der Waals surface area (Å²) in [7, 11) is 1.61. The van der Waals surface area contributed by atoms with Crippen LogP contribution in [0.25, 0.3) is 21.6 Å². The van der Waals surface area contributed by atoms with Crippen LogP contribution in [0, 0.1) is 6.92 Å². The van der Waals surface area contributed by atoms with Crippen LogP contribution in [0.3, 0.4) is 0 Å². The Bertz CT molecular complexity index is 923. The molecule has 0 unspecified atom stereocenters. The second kappa shape index (κ2) is 6.45. The van der Waals surface area contributed by atoms with Crippen molar-refractivity contribution in [3.63, 3.8) is 0 Å². The quantitative estimate of drug-likeness (QED) is 0.643. The summed E-state index contributed by atoms with van der Waals surface area (Å²) in [6, 6.07) is 3.59. The number of aromatic nitrogens is 3. The number of nitrogens with two attached hydrogens (primary N) is 1. The van der Waals surface area contributed by atoms with Crippen LogP contribution in [0.2, 0.25) is 0 Å². The molecule has 0 atom stereocenters. The molecule has 3 rings (SSSR count). The fraction of sp³-hybridized carbons (Fsp3) is 0.353. The molecule has 0 radical (unpaired) electrons. The third-order valence-electron chi connectivity index (χ3n) is 3.83. The van der Waals surface area contributed by atoms with Crippen molar-refractivity contribution in [3.8, 4) is 17.1 Å². The van der Waals surface area contributed by atoms with Gasteiger partial charge in [0.15, 0.2) is 0 Å². The number of pyridine rings is 1. The summed E-state index contributed by atoms with van der Waals surface area (Å²) in [4.78, 5) is 15.4. The lowest BCUT2D eigenvalue weighted by Crippen LogP contribution is -2.35. The number of aliphatic hydroxyl groups is 1. The highest BCUT2D eigenvalue weighted by Gasteiger charge is 2.22. The van der Waals surface area contributed by atoms with E-state index >= 15 is 0 Å². The van der Waals surface area contributed by atoms with Crippen LogP contribution in [-0.4, -0.2) is 39.3 Å². The van der Waals surface area contributed by atoms with Gasteiger partial charge >= 0.3 is 0 Å². The summed E-state index contributed by atoms with van der Waals surface area (Å²) in [6.07, 6.45) is 1.67. The summed E-state index contributed by atoms with van der Waals surface area (Å²) in [5, 5.41) is 13.5. The first kappa shape index (κ1) is 17.4. The van der Waals surface area contributed by atoms with Gasteiger partial charge in [0, 0.05) is 17.1 Å². The van der Waals surface area contributed by atoms with Crippen LogP contribution < -0.4 is 15.8 Å². The zero-order valence-corrected chi connectivity index (χ0v) is 15.4. The van der Waals surface area contributed by atoms with Gasteiger partial charge in [0.25, 0.3) is 0 Å². The lowest BCUT2D eigenvalue weighted by Gasteiger charge is -2.23. The van der Waals surface area contributed by atoms with Crippen molar-refractivity contribution in [2.24, 2.45) is 0 Å². The first-order chi connectivity index (χ1) is 11.8. The third kappa shape index (κ3) is 3.35. The van der Waals surface area contributed by atoms with Gasteiger partial charge < -0.3 is 20.9 Å². The Hall–Kier alpha value is -2.45. The van der Waals surface area contributed by atoms with Crippen LogP contribution in [0.1, 0.15) is 18.7 Å². The SMILES string of the molecule is COc1ccnc(-c2nc(NC(C)(C)CO)nc3sc(C)c(N)c23)c1. The first-order valence-electron chi connectivity index (χ1n) is 7.80. The fourth-order valence-electron chi connectivity index (χ4n) is 2.38. The third-order valence-corrected chi connectivity index (χ3v) is 4.84. The zero-order chi connectivity index (χ0) is 18.2. The van der Waals surface area contributed by atoms with E-state index in [4.69, 9.17) is 10.5 Å². The van der Waals surface area contributed by atoms with Crippen LogP contribution in [0.4, 0.5) is 11.6 Å². The molecule has 8 heteroatoms. The Balaban J connectivity index is 2.23. The van der Waals surface area contributed by atoms with Crippen molar-refractivity contribution in [3.05, 3.63) is 23.2 Å². The fourth-order valence-corrected chi connectivity index (χ4v) is 3.33. The Kier molecular flexibility index (Phi) is 4.49. The van der Waals surface area contributed by atoms with Crippen molar-refractivity contribution in [1.29, 1.82) is 0 Å². The summed E-state index contributed by atoms with van der Waals surface area (Å²) < 4.78 is 5.29. The second-order valence-corrected chi connectivity index (χ2v) is 7.60. The van der Waals surface area contributed by atoms with Gasteiger partial charge in [-0.25, -0.2) is 9.97 Å². The van der Waals surface area contributed by atoms with Crippen molar-refractivity contribution >= 4 is 33.2 Å². The molecule has 0 aromatic carbocycles. The topological polar surface area (TPSA) is 106 Å². The lowest BCUT2D eigenvalue weighted by atomic mass is 10.1. The molecule has 0 spiro atoms. The molecule has 0 aliphatic rings. The van der Waals surface area contributed by atoms with E-state index in [1.807, 2.05) is 26.8 Å². The van der Waals surface area contributed by atoms with Crippen LogP contribution in [-0.2, 0) is 0 Å². The van der Waals surface area contributed by atoms with Crippen molar-refractivity contribution in [1.82, 2.24) is 15.0 Å². The molecule has 25 heavy (non-hydrogen) atoms. The van der Waals surface area contributed by atoms with Gasteiger partial charge in [-0.1, -0.05) is 0 Å². The van der Waals surface area contributed by atoms with Gasteiger partial charge in [0.1, 0.15) is 16.3 Å². The maximum Gasteiger partial charge on any atom is 0.225 e. The van der Waals surface area contributed by atoms with Gasteiger partial charge in [-0.05, 0) is 26.8 Å². The minimum absolute atomic E-state index is 0.0489. The maximum atomic E-state index is 9.51. The van der Waals surface area contributed by atoms with Gasteiger partial charge in [0.2, 0.25) is 5.95 Å². The molecule has 0 saturated carbocycles. The summed E-state index contributed by atoms with van der Waals surface area (Å²) in [5.74, 6) is 1.11. The normalized spacial score (nSPS) is 11.7. The number of nitrogen functional groups attached to an aromatic ring is 1. The molecule has 0 bridgehead atoms. The molecule has 3 aromatic heterocycles. The monoisotopic (exact) mass is 359 g/mol. The van der Waals surface area contributed by atoms with E-state index in [9.17, 15) is 5.11 Å². The number of nitrogens with zero attached hydrogens (tertiary/aromatic N) is 3. The number of thiophene rings is 1. The van der Waals surface area contributed by atoms with E-state index in [0.29, 0.717) is 28.8 Å².